The van der Waals surface area contributed by atoms with E-state index in [1.54, 1.807) is 37.3 Å². The molecular weight excluding hydrogens is 434 g/mol. The fourth-order valence-corrected chi connectivity index (χ4v) is 4.65. The Morgan fingerprint density at radius 1 is 1.00 bits per heavy atom. The molecule has 34 heavy (non-hydrogen) atoms. The van der Waals surface area contributed by atoms with E-state index in [-0.39, 0.29) is 12.3 Å². The first kappa shape index (κ1) is 21.8. The molecule has 2 aromatic carbocycles. The number of benzene rings is 2. The zero-order valence-electron chi connectivity index (χ0n) is 19.3. The largest absolute Gasteiger partial charge is 0.486 e. The van der Waals surface area contributed by atoms with E-state index in [4.69, 9.17) is 9.47 Å². The van der Waals surface area contributed by atoms with Gasteiger partial charge in [0.05, 0.1) is 6.54 Å². The second-order valence-corrected chi connectivity index (χ2v) is 8.68. The van der Waals surface area contributed by atoms with Crippen molar-refractivity contribution < 1.29 is 23.9 Å². The van der Waals surface area contributed by atoms with Crippen molar-refractivity contribution in [3.63, 3.8) is 0 Å². The smallest absolute Gasteiger partial charge is 0.325 e. The molecule has 1 N–H and O–H groups in total. The quantitative estimate of drug-likeness (QED) is 0.466. The lowest BCUT2D eigenvalue weighted by molar-refractivity contribution is -0.130. The number of hydrogen-bond donors (Lipinski definition) is 1. The summed E-state index contributed by atoms with van der Waals surface area (Å²) in [6.07, 6.45) is 0. The third kappa shape index (κ3) is 3.42. The van der Waals surface area contributed by atoms with E-state index in [0.29, 0.717) is 35.8 Å². The summed E-state index contributed by atoms with van der Waals surface area (Å²) in [5, 5.41) is 2.74. The highest BCUT2D eigenvalue weighted by molar-refractivity contribution is 6.11. The van der Waals surface area contributed by atoms with E-state index in [2.05, 4.69) is 5.32 Å². The molecule has 1 saturated heterocycles. The van der Waals surface area contributed by atoms with Crippen molar-refractivity contribution in [3.8, 4) is 17.2 Å². The number of carbonyl (C=O) groups is 3. The molecule has 0 bridgehead atoms. The lowest BCUT2D eigenvalue weighted by atomic mass is 9.92. The van der Waals surface area contributed by atoms with Crippen LogP contribution < -0.4 is 14.8 Å². The third-order valence-corrected chi connectivity index (χ3v) is 6.44. The fraction of sp³-hybridized carbons (Fsp3) is 0.269. The molecule has 3 heterocycles. The number of carbonyl (C=O) groups excluding carboxylic acids is 3. The standard InChI is InChI=1S/C26H25N3O5/c1-16-13-20(17(2)29(16)19-9-10-22-23(14-19)34-12-11-33-22)21(30)15-28-24(31)26(3,27-25(28)32)18-7-5-4-6-8-18/h4-10,13-14H,11-12,15H2,1-3H3,(H,27,32)/t26-/m1/s1. The third-order valence-electron chi connectivity index (χ3n) is 6.44. The molecule has 0 spiro atoms. The molecule has 1 atom stereocenters. The summed E-state index contributed by atoms with van der Waals surface area (Å²) in [6, 6.07) is 15.9. The fourth-order valence-electron chi connectivity index (χ4n) is 4.65. The second-order valence-electron chi connectivity index (χ2n) is 8.68. The van der Waals surface area contributed by atoms with Crippen LogP contribution in [0, 0.1) is 13.8 Å². The number of rotatable bonds is 5. The van der Waals surface area contributed by atoms with Gasteiger partial charge in [0.15, 0.2) is 17.3 Å². The van der Waals surface area contributed by atoms with Gasteiger partial charge in [0.25, 0.3) is 5.91 Å². The average molecular weight is 460 g/mol. The van der Waals surface area contributed by atoms with Crippen LogP contribution in [0.3, 0.4) is 0 Å². The van der Waals surface area contributed by atoms with Crippen molar-refractivity contribution in [2.24, 2.45) is 0 Å². The number of urea groups is 1. The van der Waals surface area contributed by atoms with Crippen LogP contribution in [-0.2, 0) is 10.3 Å². The molecule has 0 aliphatic carbocycles. The van der Waals surface area contributed by atoms with Crippen LogP contribution in [0.1, 0.15) is 34.2 Å². The van der Waals surface area contributed by atoms with E-state index in [9.17, 15) is 14.4 Å². The SMILES string of the molecule is Cc1cc(C(=O)CN2C(=O)N[C@](C)(c3ccccc3)C2=O)c(C)n1-c1ccc2c(c1)OCCO2. The molecule has 8 nitrogen and oxygen atoms in total. The van der Waals surface area contributed by atoms with Crippen LogP contribution in [0.25, 0.3) is 5.69 Å². The van der Waals surface area contributed by atoms with Crippen LogP contribution in [0.5, 0.6) is 11.5 Å². The first-order valence-corrected chi connectivity index (χ1v) is 11.1. The van der Waals surface area contributed by atoms with Crippen molar-refractivity contribution in [1.29, 1.82) is 0 Å². The van der Waals surface area contributed by atoms with Crippen molar-refractivity contribution >= 4 is 17.7 Å². The molecular formula is C26H25N3O5. The Bertz CT molecular complexity index is 1310. The summed E-state index contributed by atoms with van der Waals surface area (Å²) in [4.78, 5) is 40.1. The molecule has 0 radical (unpaired) electrons. The molecule has 2 aliphatic heterocycles. The first-order chi connectivity index (χ1) is 16.3. The molecule has 0 unspecified atom stereocenters. The molecule has 2 aliphatic rings. The monoisotopic (exact) mass is 459 g/mol. The molecule has 1 fully saturated rings. The lowest BCUT2D eigenvalue weighted by Gasteiger charge is -2.22. The number of ether oxygens (including phenoxy) is 2. The van der Waals surface area contributed by atoms with Crippen molar-refractivity contribution in [3.05, 3.63) is 77.1 Å². The van der Waals surface area contributed by atoms with Gasteiger partial charge in [-0.25, -0.2) is 4.79 Å². The van der Waals surface area contributed by atoms with Gasteiger partial charge >= 0.3 is 6.03 Å². The maximum Gasteiger partial charge on any atom is 0.325 e. The van der Waals surface area contributed by atoms with Gasteiger partial charge in [-0.2, -0.15) is 0 Å². The van der Waals surface area contributed by atoms with Crippen LogP contribution in [0.2, 0.25) is 0 Å². The van der Waals surface area contributed by atoms with Gasteiger partial charge < -0.3 is 19.4 Å². The Kier molecular flexibility index (Phi) is 5.16. The summed E-state index contributed by atoms with van der Waals surface area (Å²) in [5.41, 5.74) is 2.33. The number of imide groups is 1. The summed E-state index contributed by atoms with van der Waals surface area (Å²) in [6.45, 7) is 6.06. The number of nitrogens with one attached hydrogen (secondary N) is 1. The predicted octanol–water partition coefficient (Wildman–Crippen LogP) is 3.52. The van der Waals surface area contributed by atoms with Gasteiger partial charge in [-0.1, -0.05) is 30.3 Å². The first-order valence-electron chi connectivity index (χ1n) is 11.1. The van der Waals surface area contributed by atoms with Crippen molar-refractivity contribution in [2.75, 3.05) is 19.8 Å². The number of aryl methyl sites for hydroxylation is 1. The number of amides is 3. The Labute approximate surface area is 197 Å². The van der Waals surface area contributed by atoms with Gasteiger partial charge in [0.1, 0.15) is 18.8 Å². The van der Waals surface area contributed by atoms with E-state index in [1.165, 1.54) is 0 Å². The maximum absolute atomic E-state index is 13.3. The van der Waals surface area contributed by atoms with Crippen LogP contribution in [0.4, 0.5) is 4.79 Å². The summed E-state index contributed by atoms with van der Waals surface area (Å²) < 4.78 is 13.2. The van der Waals surface area contributed by atoms with Crippen LogP contribution >= 0.6 is 0 Å². The predicted molar refractivity (Wildman–Crippen MR) is 125 cm³/mol. The van der Waals surface area contributed by atoms with E-state index >= 15 is 0 Å². The molecule has 8 heteroatoms. The Hall–Kier alpha value is -4.07. The molecule has 1 aromatic heterocycles. The van der Waals surface area contributed by atoms with Gasteiger partial charge in [-0.3, -0.25) is 14.5 Å². The van der Waals surface area contributed by atoms with E-state index < -0.39 is 17.5 Å². The molecule has 3 aromatic rings. The molecule has 3 amide bonds. The number of nitrogens with zero attached hydrogens (tertiary/aromatic N) is 2. The number of aromatic nitrogens is 1. The Morgan fingerprint density at radius 2 is 1.71 bits per heavy atom. The zero-order chi connectivity index (χ0) is 24.0. The van der Waals surface area contributed by atoms with Gasteiger partial charge in [-0.05, 0) is 44.5 Å². The normalized spacial score (nSPS) is 19.3. The van der Waals surface area contributed by atoms with E-state index in [1.807, 2.05) is 42.7 Å². The minimum absolute atomic E-state index is 0.308. The average Bonchev–Trinajstić information content (AvgIpc) is 3.26. The van der Waals surface area contributed by atoms with Crippen LogP contribution in [-0.4, -0.2) is 46.9 Å². The summed E-state index contributed by atoms with van der Waals surface area (Å²) >= 11 is 0. The highest BCUT2D eigenvalue weighted by Crippen LogP contribution is 2.34. The van der Waals surface area contributed by atoms with Gasteiger partial charge in [0, 0.05) is 28.7 Å². The highest BCUT2D eigenvalue weighted by Gasteiger charge is 2.49. The minimum Gasteiger partial charge on any atom is -0.486 e. The number of hydrogen-bond acceptors (Lipinski definition) is 5. The number of ketones is 1. The molecule has 5 rings (SSSR count). The zero-order valence-corrected chi connectivity index (χ0v) is 19.3. The second kappa shape index (κ2) is 8.06. The Morgan fingerprint density at radius 3 is 2.44 bits per heavy atom. The summed E-state index contributed by atoms with van der Waals surface area (Å²) in [7, 11) is 0. The summed E-state index contributed by atoms with van der Waals surface area (Å²) in [5.74, 6) is 0.591. The van der Waals surface area contributed by atoms with Crippen molar-refractivity contribution in [2.45, 2.75) is 26.3 Å². The van der Waals surface area contributed by atoms with E-state index in [0.717, 1.165) is 22.0 Å². The molecule has 174 valence electrons. The Balaban J connectivity index is 1.41. The number of fused-ring (bicyclic) bond motifs is 1. The minimum atomic E-state index is -1.21. The topological polar surface area (TPSA) is 89.9 Å². The van der Waals surface area contributed by atoms with Gasteiger partial charge in [0.2, 0.25) is 0 Å². The highest BCUT2D eigenvalue weighted by atomic mass is 16.6. The van der Waals surface area contributed by atoms with Crippen molar-refractivity contribution in [1.82, 2.24) is 14.8 Å². The van der Waals surface area contributed by atoms with Crippen LogP contribution in [0.15, 0.2) is 54.6 Å². The lowest BCUT2D eigenvalue weighted by Crippen LogP contribution is -2.41. The number of Topliss-reactive ketones (excluding diaryl/α,β-unsaturated/α-hetero) is 1. The maximum atomic E-state index is 13.3. The molecule has 0 saturated carbocycles. The van der Waals surface area contributed by atoms with Gasteiger partial charge in [-0.15, -0.1) is 0 Å².